The van der Waals surface area contributed by atoms with Gasteiger partial charge in [-0.3, -0.25) is 4.99 Å². The summed E-state index contributed by atoms with van der Waals surface area (Å²) < 4.78 is 30.5. The van der Waals surface area contributed by atoms with Gasteiger partial charge in [-0.15, -0.1) is 35.3 Å². The maximum Gasteiger partial charge on any atom is 0.191 e. The number of hydrogen-bond donors (Lipinski definition) is 3. The van der Waals surface area contributed by atoms with Gasteiger partial charge in [0.15, 0.2) is 15.8 Å². The number of aliphatic imine (C=N–C) groups is 1. The highest BCUT2D eigenvalue weighted by Crippen LogP contribution is 2.34. The van der Waals surface area contributed by atoms with Crippen molar-refractivity contribution in [1.29, 1.82) is 0 Å². The lowest BCUT2D eigenvalue weighted by Gasteiger charge is -2.23. The van der Waals surface area contributed by atoms with Crippen LogP contribution in [0.25, 0.3) is 0 Å². The molecule has 0 amide bonds. The van der Waals surface area contributed by atoms with Crippen LogP contribution in [0.1, 0.15) is 26.2 Å². The molecule has 2 fully saturated rings. The molecule has 0 aromatic carbocycles. The molecule has 0 spiro atoms. The third-order valence-corrected chi connectivity index (χ3v) is 7.73. The second-order valence-electron chi connectivity index (χ2n) is 6.45. The Morgan fingerprint density at radius 3 is 2.88 bits per heavy atom. The van der Waals surface area contributed by atoms with E-state index < -0.39 is 15.9 Å². The van der Waals surface area contributed by atoms with Gasteiger partial charge in [0.2, 0.25) is 0 Å². The minimum absolute atomic E-state index is 0. The number of fused-ring (bicyclic) bond motifs is 2. The van der Waals surface area contributed by atoms with Crippen molar-refractivity contribution in [2.75, 3.05) is 18.8 Å². The Bertz CT molecular complexity index is 696. The van der Waals surface area contributed by atoms with Crippen molar-refractivity contribution in [2.24, 2.45) is 4.99 Å². The SMILES string of the molecule is CCNC(=NCC(O)CS(=O)(=O)c1cccs1)NC1CC2CCC1O2.I. The first kappa shape index (κ1) is 21.9. The van der Waals surface area contributed by atoms with Crippen molar-refractivity contribution in [1.82, 2.24) is 10.6 Å². The highest BCUT2D eigenvalue weighted by molar-refractivity contribution is 14.0. The van der Waals surface area contributed by atoms with Crippen LogP contribution in [-0.4, -0.2) is 62.7 Å². The average Bonchev–Trinajstić information content (AvgIpc) is 3.29. The Kier molecular flexibility index (Phi) is 8.13. The number of sulfone groups is 1. The van der Waals surface area contributed by atoms with Gasteiger partial charge in [-0.1, -0.05) is 6.07 Å². The van der Waals surface area contributed by atoms with Gasteiger partial charge in [0.1, 0.15) is 4.21 Å². The molecule has 0 radical (unpaired) electrons. The predicted molar refractivity (Wildman–Crippen MR) is 113 cm³/mol. The second-order valence-corrected chi connectivity index (χ2v) is 9.66. The van der Waals surface area contributed by atoms with Crippen molar-refractivity contribution in [3.8, 4) is 0 Å². The zero-order valence-corrected chi connectivity index (χ0v) is 18.6. The first-order valence-electron chi connectivity index (χ1n) is 8.62. The Morgan fingerprint density at radius 1 is 1.50 bits per heavy atom. The van der Waals surface area contributed by atoms with Gasteiger partial charge in [0.05, 0.1) is 36.7 Å². The summed E-state index contributed by atoms with van der Waals surface area (Å²) in [6.45, 7) is 2.69. The summed E-state index contributed by atoms with van der Waals surface area (Å²) in [6, 6.07) is 3.46. The van der Waals surface area contributed by atoms with Crippen LogP contribution in [0.5, 0.6) is 0 Å². The molecular formula is C16H26IN3O4S2. The molecule has 1 aromatic rings. The van der Waals surface area contributed by atoms with Crippen molar-refractivity contribution in [3.63, 3.8) is 0 Å². The number of hydrogen-bond acceptors (Lipinski definition) is 6. The molecule has 2 bridgehead atoms. The van der Waals surface area contributed by atoms with E-state index in [4.69, 9.17) is 4.74 Å². The molecule has 3 rings (SSSR count). The fourth-order valence-corrected chi connectivity index (χ4v) is 5.78. The first-order chi connectivity index (χ1) is 12.0. The Balaban J connectivity index is 0.00000243. The third-order valence-electron chi connectivity index (χ3n) is 4.45. The minimum Gasteiger partial charge on any atom is -0.390 e. The fraction of sp³-hybridized carbons (Fsp3) is 0.688. The third kappa shape index (κ3) is 5.54. The van der Waals surface area contributed by atoms with E-state index in [1.807, 2.05) is 6.92 Å². The number of ether oxygens (including phenoxy) is 1. The van der Waals surface area contributed by atoms with Crippen LogP contribution in [0.2, 0.25) is 0 Å². The Morgan fingerprint density at radius 2 is 2.31 bits per heavy atom. The van der Waals surface area contributed by atoms with Crippen LogP contribution in [0.4, 0.5) is 0 Å². The topological polar surface area (TPSA) is 100 Å². The van der Waals surface area contributed by atoms with Gasteiger partial charge in [-0.05, 0) is 37.6 Å². The standard InChI is InChI=1S/C16H25N3O4S2.HI/c1-2-17-16(19-13-8-12-5-6-14(13)23-12)18-9-11(20)10-25(21,22)15-4-3-7-24-15;/h3-4,7,11-14,20H,2,5-6,8-10H2,1H3,(H2,17,18,19);1H. The molecule has 0 saturated carbocycles. The Labute approximate surface area is 175 Å². The van der Waals surface area contributed by atoms with Gasteiger partial charge in [0, 0.05) is 6.54 Å². The molecule has 148 valence electrons. The van der Waals surface area contributed by atoms with Crippen LogP contribution >= 0.6 is 35.3 Å². The monoisotopic (exact) mass is 515 g/mol. The maximum absolute atomic E-state index is 12.2. The molecule has 7 nitrogen and oxygen atoms in total. The lowest BCUT2D eigenvalue weighted by molar-refractivity contribution is 0.0992. The molecule has 2 aliphatic heterocycles. The van der Waals surface area contributed by atoms with Crippen LogP contribution in [0.15, 0.2) is 26.7 Å². The first-order valence-corrected chi connectivity index (χ1v) is 11.2. The van der Waals surface area contributed by atoms with Gasteiger partial charge >= 0.3 is 0 Å². The molecule has 26 heavy (non-hydrogen) atoms. The number of guanidine groups is 1. The van der Waals surface area contributed by atoms with Crippen molar-refractivity contribution >= 4 is 51.1 Å². The highest BCUT2D eigenvalue weighted by Gasteiger charge is 2.41. The number of rotatable bonds is 7. The largest absolute Gasteiger partial charge is 0.390 e. The quantitative estimate of drug-likeness (QED) is 0.288. The molecule has 2 saturated heterocycles. The van der Waals surface area contributed by atoms with Crippen molar-refractivity contribution in [3.05, 3.63) is 17.5 Å². The van der Waals surface area contributed by atoms with Crippen LogP contribution in [-0.2, 0) is 14.6 Å². The molecule has 1 aromatic heterocycles. The zero-order chi connectivity index (χ0) is 17.9. The molecule has 0 aliphatic carbocycles. The lowest BCUT2D eigenvalue weighted by Crippen LogP contribution is -2.47. The molecule has 2 aliphatic rings. The summed E-state index contributed by atoms with van der Waals surface area (Å²) in [5.74, 6) is 0.268. The number of halogens is 1. The van der Waals surface area contributed by atoms with E-state index in [1.54, 1.807) is 17.5 Å². The predicted octanol–water partition coefficient (Wildman–Crippen LogP) is 1.38. The number of nitrogens with zero attached hydrogens (tertiary/aromatic N) is 1. The average molecular weight is 515 g/mol. The van der Waals surface area contributed by atoms with Gasteiger partial charge in [-0.25, -0.2) is 8.42 Å². The van der Waals surface area contributed by atoms with E-state index in [2.05, 4.69) is 15.6 Å². The minimum atomic E-state index is -3.47. The second kappa shape index (κ2) is 9.67. The molecular weight excluding hydrogens is 489 g/mol. The Hall–Kier alpha value is -0.430. The van der Waals surface area contributed by atoms with E-state index in [-0.39, 0.29) is 52.6 Å². The van der Waals surface area contributed by atoms with E-state index in [0.29, 0.717) is 18.6 Å². The molecule has 3 heterocycles. The summed E-state index contributed by atoms with van der Waals surface area (Å²) in [5.41, 5.74) is 0. The van der Waals surface area contributed by atoms with Crippen LogP contribution in [0, 0.1) is 0 Å². The summed E-state index contributed by atoms with van der Waals surface area (Å²) in [4.78, 5) is 4.35. The highest BCUT2D eigenvalue weighted by atomic mass is 127. The molecule has 10 heteroatoms. The van der Waals surface area contributed by atoms with E-state index >= 15 is 0 Å². The fourth-order valence-electron chi connectivity index (χ4n) is 3.31. The normalized spacial score (nSPS) is 26.4. The van der Waals surface area contributed by atoms with E-state index in [1.165, 1.54) is 0 Å². The summed E-state index contributed by atoms with van der Waals surface area (Å²) in [7, 11) is -3.47. The number of thiophene rings is 1. The van der Waals surface area contributed by atoms with Crippen LogP contribution in [0.3, 0.4) is 0 Å². The number of nitrogens with one attached hydrogen (secondary N) is 2. The lowest BCUT2D eigenvalue weighted by atomic mass is 9.96. The summed E-state index contributed by atoms with van der Waals surface area (Å²) in [5, 5.41) is 18.3. The summed E-state index contributed by atoms with van der Waals surface area (Å²) >= 11 is 1.16. The number of aliphatic hydroxyl groups excluding tert-OH is 1. The molecule has 3 N–H and O–H groups in total. The van der Waals surface area contributed by atoms with Gasteiger partial charge in [0.25, 0.3) is 0 Å². The van der Waals surface area contributed by atoms with Gasteiger partial charge < -0.3 is 20.5 Å². The maximum atomic E-state index is 12.2. The van der Waals surface area contributed by atoms with E-state index in [0.717, 1.165) is 30.6 Å². The van der Waals surface area contributed by atoms with Gasteiger partial charge in [-0.2, -0.15) is 0 Å². The summed E-state index contributed by atoms with van der Waals surface area (Å²) in [6.07, 6.45) is 2.66. The molecule has 4 atom stereocenters. The van der Waals surface area contributed by atoms with Crippen molar-refractivity contribution in [2.45, 2.75) is 54.7 Å². The van der Waals surface area contributed by atoms with E-state index in [9.17, 15) is 13.5 Å². The van der Waals surface area contributed by atoms with Crippen molar-refractivity contribution < 1.29 is 18.3 Å². The smallest absolute Gasteiger partial charge is 0.191 e. The zero-order valence-electron chi connectivity index (χ0n) is 14.6. The van der Waals surface area contributed by atoms with Crippen LogP contribution < -0.4 is 10.6 Å². The molecule has 4 unspecified atom stereocenters. The number of aliphatic hydroxyl groups is 1.